The molecule has 1 aromatic rings. The first-order valence-corrected chi connectivity index (χ1v) is 21.2. The van der Waals surface area contributed by atoms with Crippen LogP contribution in [0.25, 0.3) is 0 Å². The summed E-state index contributed by atoms with van der Waals surface area (Å²) in [4.78, 5) is 99.1. The maximum Gasteiger partial charge on any atom is 0.190 e. The number of hydrogen-bond acceptors (Lipinski definition) is 9. The number of ketones is 7. The molecule has 0 amide bonds. The summed E-state index contributed by atoms with van der Waals surface area (Å²) in [5.41, 5.74) is -5.41. The Balaban J connectivity index is 1.58. The Bertz CT molecular complexity index is 1700. The van der Waals surface area contributed by atoms with Gasteiger partial charge in [-0.25, -0.2) is 0 Å². The second kappa shape index (κ2) is 16.6. The lowest BCUT2D eigenvalue weighted by Gasteiger charge is -2.67. The van der Waals surface area contributed by atoms with Crippen LogP contribution >= 0.6 is 0 Å². The zero-order valence-electron chi connectivity index (χ0n) is 34.2. The van der Waals surface area contributed by atoms with E-state index in [-0.39, 0.29) is 48.1 Å². The van der Waals surface area contributed by atoms with E-state index >= 15 is 4.79 Å². The SMILES string of the molecule is CCC(=O)C[C@@H]1[C@]2(C)C(C(=O)c3c(O)cccc3[C@H]2CCC2CCCC2)C(=O)[C@@]2(O)C(=O)C(C(=O)CCCCCCCC(C)C(C)=O)C(=O)C(C(C)C)[C@@]12C. The number of unbranched alkanes of at least 4 members (excludes halogenated alkanes) is 4. The van der Waals surface area contributed by atoms with Gasteiger partial charge in [-0.15, -0.1) is 0 Å². The number of fused-ring (bicyclic) bond motifs is 3. The Hall–Kier alpha value is -3.33. The summed E-state index contributed by atoms with van der Waals surface area (Å²) in [7, 11) is 0. The van der Waals surface area contributed by atoms with Gasteiger partial charge in [0.25, 0.3) is 0 Å². The van der Waals surface area contributed by atoms with Crippen molar-refractivity contribution in [2.24, 2.45) is 52.3 Å². The van der Waals surface area contributed by atoms with Gasteiger partial charge in [0.2, 0.25) is 0 Å². The highest BCUT2D eigenvalue weighted by molar-refractivity contribution is 6.33. The topological polar surface area (TPSA) is 160 Å². The lowest BCUT2D eigenvalue weighted by Crippen LogP contribution is -2.80. The first kappa shape index (κ1) is 42.8. The minimum Gasteiger partial charge on any atom is -0.507 e. The molecule has 0 saturated heterocycles. The molecule has 0 radical (unpaired) electrons. The Kier molecular flexibility index (Phi) is 13.0. The fourth-order valence-electron chi connectivity index (χ4n) is 11.9. The van der Waals surface area contributed by atoms with E-state index in [2.05, 4.69) is 0 Å². The first-order chi connectivity index (χ1) is 25.9. The number of rotatable bonds is 17. The summed E-state index contributed by atoms with van der Waals surface area (Å²) in [6.45, 7) is 12.2. The van der Waals surface area contributed by atoms with E-state index in [1.54, 1.807) is 46.8 Å². The summed E-state index contributed by atoms with van der Waals surface area (Å²) < 4.78 is 0. The maximum atomic E-state index is 15.4. The van der Waals surface area contributed by atoms with Crippen molar-refractivity contribution in [3.63, 3.8) is 0 Å². The van der Waals surface area contributed by atoms with Crippen LogP contribution in [-0.2, 0) is 28.8 Å². The quantitative estimate of drug-likeness (QED) is 0.118. The summed E-state index contributed by atoms with van der Waals surface area (Å²) in [5.74, 6) is -10.6. The predicted molar refractivity (Wildman–Crippen MR) is 208 cm³/mol. The third-order valence-corrected chi connectivity index (χ3v) is 15.0. The van der Waals surface area contributed by atoms with E-state index in [1.165, 1.54) is 6.07 Å². The largest absolute Gasteiger partial charge is 0.507 e. The standard InChI is InChI=1S/C46H64O9/c1-8-30(48)25-35-44(6)32(24-23-29-18-14-15-19-29)31-20-16-22-33(49)36(31)40(51)39(44)43(54)46(55)42(53)37(41(52)38(26(2)3)45(35,46)7)34(50)21-13-11-9-10-12-17-27(4)28(5)47/h16,20,22,26-27,29,32,35,37-39,49,55H,8-15,17-19,21,23-25H2,1-7H3/t27?,32-,35-,37?,38?,39?,44-,45-,46+/m1/s1. The van der Waals surface area contributed by atoms with Gasteiger partial charge in [-0.1, -0.05) is 105 Å². The van der Waals surface area contributed by atoms with E-state index in [1.807, 2.05) is 13.8 Å². The molecule has 9 atom stereocenters. The minimum absolute atomic E-state index is 0.00231. The third-order valence-electron chi connectivity index (χ3n) is 15.0. The second-order valence-corrected chi connectivity index (χ2v) is 18.4. The molecular formula is C46H64O9. The molecule has 9 heteroatoms. The van der Waals surface area contributed by atoms with Crippen LogP contribution in [0.3, 0.4) is 0 Å². The van der Waals surface area contributed by atoms with E-state index in [4.69, 9.17) is 0 Å². The van der Waals surface area contributed by atoms with E-state index in [0.717, 1.165) is 57.8 Å². The number of aliphatic hydroxyl groups is 1. The van der Waals surface area contributed by atoms with Crippen LogP contribution in [0.4, 0.5) is 0 Å². The zero-order valence-corrected chi connectivity index (χ0v) is 34.2. The molecule has 4 unspecified atom stereocenters. The number of carbonyl (C=O) groups excluding carboxylic acids is 7. The molecule has 0 heterocycles. The first-order valence-electron chi connectivity index (χ1n) is 21.2. The molecule has 55 heavy (non-hydrogen) atoms. The van der Waals surface area contributed by atoms with Gasteiger partial charge in [0.05, 0.1) is 11.5 Å². The molecule has 1 aromatic carbocycles. The molecule has 2 N–H and O–H groups in total. The van der Waals surface area contributed by atoms with Gasteiger partial charge in [-0.2, -0.15) is 0 Å². The third kappa shape index (κ3) is 7.14. The van der Waals surface area contributed by atoms with Crippen molar-refractivity contribution in [1.82, 2.24) is 0 Å². The van der Waals surface area contributed by atoms with Gasteiger partial charge in [0.15, 0.2) is 34.5 Å². The lowest BCUT2D eigenvalue weighted by molar-refractivity contribution is -0.226. The Morgan fingerprint density at radius 2 is 1.53 bits per heavy atom. The van der Waals surface area contributed by atoms with Gasteiger partial charge in [-0.3, -0.25) is 33.6 Å². The van der Waals surface area contributed by atoms with Crippen LogP contribution < -0.4 is 0 Å². The van der Waals surface area contributed by atoms with Crippen molar-refractivity contribution in [2.75, 3.05) is 0 Å². The number of phenols is 1. The number of hydrogen-bond donors (Lipinski definition) is 2. The molecule has 0 bridgehead atoms. The Morgan fingerprint density at radius 3 is 2.15 bits per heavy atom. The number of Topliss-reactive ketones (excluding diaryl/α,β-unsaturated/α-hetero) is 7. The molecule has 302 valence electrons. The highest BCUT2D eigenvalue weighted by atomic mass is 16.3. The van der Waals surface area contributed by atoms with Gasteiger partial charge < -0.3 is 10.2 Å². The van der Waals surface area contributed by atoms with Crippen LogP contribution in [0.15, 0.2) is 18.2 Å². The summed E-state index contributed by atoms with van der Waals surface area (Å²) >= 11 is 0. The molecular weight excluding hydrogens is 696 g/mol. The zero-order chi connectivity index (χ0) is 40.6. The van der Waals surface area contributed by atoms with Crippen LogP contribution in [0.1, 0.15) is 167 Å². The summed E-state index contributed by atoms with van der Waals surface area (Å²) in [5, 5.41) is 24.3. The number of benzene rings is 1. The average Bonchev–Trinajstić information content (AvgIpc) is 3.65. The average molecular weight is 761 g/mol. The molecule has 0 aromatic heterocycles. The van der Waals surface area contributed by atoms with Crippen molar-refractivity contribution in [3.8, 4) is 5.75 Å². The molecule has 0 spiro atoms. The van der Waals surface area contributed by atoms with Crippen molar-refractivity contribution < 1.29 is 43.8 Å². The van der Waals surface area contributed by atoms with Gasteiger partial charge in [0, 0.05) is 36.5 Å². The monoisotopic (exact) mass is 760 g/mol. The Labute approximate surface area is 327 Å². The smallest absolute Gasteiger partial charge is 0.190 e. The normalized spacial score (nSPS) is 32.6. The fraction of sp³-hybridized carbons (Fsp3) is 0.717. The summed E-state index contributed by atoms with van der Waals surface area (Å²) in [6.07, 6.45) is 10.1. The number of aromatic hydroxyl groups is 1. The van der Waals surface area contributed by atoms with Crippen LogP contribution in [0, 0.1) is 52.3 Å². The van der Waals surface area contributed by atoms with Crippen LogP contribution in [-0.4, -0.2) is 56.3 Å². The molecule has 5 rings (SSSR count). The van der Waals surface area contributed by atoms with Crippen LogP contribution in [0.2, 0.25) is 0 Å². The number of carbonyl (C=O) groups is 7. The molecule has 9 nitrogen and oxygen atoms in total. The molecule has 3 fully saturated rings. The highest BCUT2D eigenvalue weighted by Gasteiger charge is 2.80. The van der Waals surface area contributed by atoms with E-state index in [0.29, 0.717) is 30.7 Å². The van der Waals surface area contributed by atoms with E-state index < -0.39 is 80.9 Å². The van der Waals surface area contributed by atoms with Crippen molar-refractivity contribution in [2.45, 2.75) is 156 Å². The number of phenolic OH excluding ortho intramolecular Hbond substituents is 1. The second-order valence-electron chi connectivity index (χ2n) is 18.4. The van der Waals surface area contributed by atoms with Gasteiger partial charge >= 0.3 is 0 Å². The molecule has 4 aliphatic carbocycles. The molecule has 3 saturated carbocycles. The predicted octanol–water partition coefficient (Wildman–Crippen LogP) is 8.14. The maximum absolute atomic E-state index is 15.4. The summed E-state index contributed by atoms with van der Waals surface area (Å²) in [6, 6.07) is 4.88. The fourth-order valence-corrected chi connectivity index (χ4v) is 11.9. The van der Waals surface area contributed by atoms with Crippen molar-refractivity contribution in [3.05, 3.63) is 29.3 Å². The van der Waals surface area contributed by atoms with Gasteiger partial charge in [-0.05, 0) is 73.3 Å². The van der Waals surface area contributed by atoms with Crippen LogP contribution in [0.5, 0.6) is 5.75 Å². The Morgan fingerprint density at radius 1 is 0.891 bits per heavy atom. The van der Waals surface area contributed by atoms with Gasteiger partial charge in [0.1, 0.15) is 23.2 Å². The lowest BCUT2D eigenvalue weighted by atomic mass is 9.33. The van der Waals surface area contributed by atoms with Crippen molar-refractivity contribution in [1.29, 1.82) is 0 Å². The van der Waals surface area contributed by atoms with E-state index in [9.17, 15) is 39.0 Å². The highest BCUT2D eigenvalue weighted by Crippen LogP contribution is 2.71. The molecule has 0 aliphatic heterocycles. The minimum atomic E-state index is -2.90. The molecule has 4 aliphatic rings. The van der Waals surface area contributed by atoms with Crippen molar-refractivity contribution >= 4 is 40.5 Å².